The molecule has 0 saturated heterocycles. The van der Waals surface area contributed by atoms with E-state index < -0.39 is 10.8 Å². The van der Waals surface area contributed by atoms with E-state index in [1.807, 2.05) is 13.0 Å². The molecule has 0 radical (unpaired) electrons. The van der Waals surface area contributed by atoms with Crippen LogP contribution in [0.25, 0.3) is 0 Å². The molecule has 24 heavy (non-hydrogen) atoms. The Labute approximate surface area is 144 Å². The molecule has 2 aromatic rings. The molecule has 1 saturated carbocycles. The van der Waals surface area contributed by atoms with E-state index >= 15 is 0 Å². The maximum atomic E-state index is 12.4. The van der Waals surface area contributed by atoms with Gasteiger partial charge in [0.25, 0.3) is 11.6 Å². The summed E-state index contributed by atoms with van der Waals surface area (Å²) in [6, 6.07) is 9.97. The van der Waals surface area contributed by atoms with E-state index in [1.165, 1.54) is 6.07 Å². The minimum Gasteiger partial charge on any atom is -0.377 e. The first kappa shape index (κ1) is 16.3. The Hall–Kier alpha value is -2.60. The molecule has 1 fully saturated rings. The van der Waals surface area contributed by atoms with E-state index in [0.29, 0.717) is 16.4 Å². The number of benzene rings is 2. The van der Waals surface area contributed by atoms with Gasteiger partial charge in [0.15, 0.2) is 0 Å². The summed E-state index contributed by atoms with van der Waals surface area (Å²) in [5.41, 5.74) is 1.98. The van der Waals surface area contributed by atoms with Gasteiger partial charge in [0.1, 0.15) is 5.69 Å². The van der Waals surface area contributed by atoms with Crippen LogP contribution in [0.3, 0.4) is 0 Å². The van der Waals surface area contributed by atoms with E-state index in [0.717, 1.165) is 18.4 Å². The molecule has 3 rings (SSSR count). The lowest BCUT2D eigenvalue weighted by Gasteiger charge is -2.10. The van der Waals surface area contributed by atoms with Crippen molar-refractivity contribution in [2.24, 2.45) is 0 Å². The second-order valence-electron chi connectivity index (χ2n) is 5.85. The van der Waals surface area contributed by atoms with Crippen molar-refractivity contribution in [2.75, 3.05) is 10.6 Å². The van der Waals surface area contributed by atoms with Crippen LogP contribution in [0.4, 0.5) is 17.1 Å². The van der Waals surface area contributed by atoms with Gasteiger partial charge in [-0.3, -0.25) is 14.9 Å². The molecule has 6 nitrogen and oxygen atoms in total. The van der Waals surface area contributed by atoms with Crippen molar-refractivity contribution in [1.29, 1.82) is 0 Å². The zero-order valence-electron chi connectivity index (χ0n) is 13.0. The standard InChI is InChI=1S/C17H16ClN3O3/c1-10-2-6-14(13(18)8-10)20-17(22)11-3-7-15(19-12-4-5-12)16(9-11)21(23)24/h2-3,6-9,12,19H,4-5H2,1H3,(H,20,22). The molecule has 2 aromatic carbocycles. The topological polar surface area (TPSA) is 84.3 Å². The lowest BCUT2D eigenvalue weighted by atomic mass is 10.1. The number of nitro groups is 1. The van der Waals surface area contributed by atoms with Crippen LogP contribution in [-0.4, -0.2) is 16.9 Å². The Morgan fingerprint density at radius 2 is 1.92 bits per heavy atom. The first-order valence-corrected chi connectivity index (χ1v) is 7.94. The lowest BCUT2D eigenvalue weighted by molar-refractivity contribution is -0.384. The summed E-state index contributed by atoms with van der Waals surface area (Å²) in [5, 5.41) is 17.5. The fourth-order valence-corrected chi connectivity index (χ4v) is 2.59. The number of rotatable bonds is 5. The van der Waals surface area contributed by atoms with Crippen LogP contribution < -0.4 is 10.6 Å². The summed E-state index contributed by atoms with van der Waals surface area (Å²) in [6.45, 7) is 1.90. The van der Waals surface area contributed by atoms with Crippen LogP contribution in [0.15, 0.2) is 36.4 Å². The van der Waals surface area contributed by atoms with Crippen LogP contribution in [0.1, 0.15) is 28.8 Å². The molecule has 0 spiro atoms. The third kappa shape index (κ3) is 3.65. The molecule has 0 unspecified atom stereocenters. The normalized spacial score (nSPS) is 13.4. The first-order valence-electron chi connectivity index (χ1n) is 7.56. The largest absolute Gasteiger partial charge is 0.377 e. The molecule has 0 atom stereocenters. The molecule has 1 aliphatic rings. The highest BCUT2D eigenvalue weighted by atomic mass is 35.5. The number of amides is 1. The van der Waals surface area contributed by atoms with Crippen LogP contribution in [-0.2, 0) is 0 Å². The fourth-order valence-electron chi connectivity index (χ4n) is 2.31. The minimum absolute atomic E-state index is 0.107. The van der Waals surface area contributed by atoms with Gasteiger partial charge in [-0.15, -0.1) is 0 Å². The number of nitro benzene ring substituents is 1. The lowest BCUT2D eigenvalue weighted by Crippen LogP contribution is -2.13. The second-order valence-corrected chi connectivity index (χ2v) is 6.25. The molecule has 7 heteroatoms. The van der Waals surface area contributed by atoms with Crippen molar-refractivity contribution in [3.8, 4) is 0 Å². The van der Waals surface area contributed by atoms with E-state index in [-0.39, 0.29) is 17.3 Å². The van der Waals surface area contributed by atoms with Crippen molar-refractivity contribution in [3.05, 3.63) is 62.7 Å². The molecular formula is C17H16ClN3O3. The van der Waals surface area contributed by atoms with Gasteiger partial charge in [0, 0.05) is 17.7 Å². The maximum Gasteiger partial charge on any atom is 0.293 e. The number of nitrogens with zero attached hydrogens (tertiary/aromatic N) is 1. The van der Waals surface area contributed by atoms with Crippen molar-refractivity contribution in [2.45, 2.75) is 25.8 Å². The average Bonchev–Trinajstić information content (AvgIpc) is 3.34. The smallest absolute Gasteiger partial charge is 0.293 e. The van der Waals surface area contributed by atoms with Crippen molar-refractivity contribution in [1.82, 2.24) is 0 Å². The molecule has 0 aliphatic heterocycles. The quantitative estimate of drug-likeness (QED) is 0.622. The van der Waals surface area contributed by atoms with Gasteiger partial charge < -0.3 is 10.6 Å². The Morgan fingerprint density at radius 3 is 2.54 bits per heavy atom. The summed E-state index contributed by atoms with van der Waals surface area (Å²) in [7, 11) is 0. The number of nitrogens with one attached hydrogen (secondary N) is 2. The van der Waals surface area contributed by atoms with Gasteiger partial charge in [-0.2, -0.15) is 0 Å². The number of carbonyl (C=O) groups is 1. The molecule has 0 heterocycles. The van der Waals surface area contributed by atoms with Crippen LogP contribution in [0.2, 0.25) is 5.02 Å². The number of aryl methyl sites for hydroxylation is 1. The Bertz CT molecular complexity index is 819. The SMILES string of the molecule is Cc1ccc(NC(=O)c2ccc(NC3CC3)c([N+](=O)[O-])c2)c(Cl)c1. The van der Waals surface area contributed by atoms with Crippen molar-refractivity contribution < 1.29 is 9.72 Å². The molecule has 1 amide bonds. The highest BCUT2D eigenvalue weighted by Crippen LogP contribution is 2.32. The minimum atomic E-state index is -0.486. The summed E-state index contributed by atoms with van der Waals surface area (Å²) < 4.78 is 0. The van der Waals surface area contributed by atoms with Crippen LogP contribution >= 0.6 is 11.6 Å². The summed E-state index contributed by atoms with van der Waals surface area (Å²) in [5.74, 6) is -0.443. The van der Waals surface area contributed by atoms with Crippen LogP contribution in [0, 0.1) is 17.0 Å². The van der Waals surface area contributed by atoms with Crippen LogP contribution in [0.5, 0.6) is 0 Å². The Morgan fingerprint density at radius 1 is 1.21 bits per heavy atom. The van der Waals surface area contributed by atoms with E-state index in [9.17, 15) is 14.9 Å². The van der Waals surface area contributed by atoms with Gasteiger partial charge >= 0.3 is 0 Å². The maximum absolute atomic E-state index is 12.4. The van der Waals surface area contributed by atoms with Gasteiger partial charge in [0.2, 0.25) is 0 Å². The molecule has 2 N–H and O–H groups in total. The number of anilines is 2. The number of hydrogen-bond acceptors (Lipinski definition) is 4. The zero-order chi connectivity index (χ0) is 17.3. The van der Waals surface area contributed by atoms with Crippen molar-refractivity contribution in [3.63, 3.8) is 0 Å². The van der Waals surface area contributed by atoms with E-state index in [2.05, 4.69) is 10.6 Å². The predicted octanol–water partition coefficient (Wildman–Crippen LogP) is 4.38. The van der Waals surface area contributed by atoms with Crippen molar-refractivity contribution >= 4 is 34.6 Å². The highest BCUT2D eigenvalue weighted by Gasteiger charge is 2.25. The number of hydrogen-bond donors (Lipinski definition) is 2. The molecule has 0 bridgehead atoms. The van der Waals surface area contributed by atoms with E-state index in [4.69, 9.17) is 11.6 Å². The fraction of sp³-hybridized carbons (Fsp3) is 0.235. The molecule has 0 aromatic heterocycles. The first-order chi connectivity index (χ1) is 11.4. The predicted molar refractivity (Wildman–Crippen MR) is 93.9 cm³/mol. The van der Waals surface area contributed by atoms with Gasteiger partial charge in [-0.1, -0.05) is 17.7 Å². The van der Waals surface area contributed by atoms with E-state index in [1.54, 1.807) is 24.3 Å². The van der Waals surface area contributed by atoms with Gasteiger partial charge in [0.05, 0.1) is 15.6 Å². The third-order valence-corrected chi connectivity index (χ3v) is 4.08. The van der Waals surface area contributed by atoms with Gasteiger partial charge in [-0.05, 0) is 49.6 Å². The summed E-state index contributed by atoms with van der Waals surface area (Å²) >= 11 is 6.10. The van der Waals surface area contributed by atoms with Gasteiger partial charge in [-0.25, -0.2) is 0 Å². The Kier molecular flexibility index (Phi) is 4.40. The number of halogens is 1. The highest BCUT2D eigenvalue weighted by molar-refractivity contribution is 6.34. The molecule has 124 valence electrons. The average molecular weight is 346 g/mol. The second kappa shape index (κ2) is 6.49. The Balaban J connectivity index is 1.83. The molecule has 1 aliphatic carbocycles. The number of carbonyl (C=O) groups excluding carboxylic acids is 1. The zero-order valence-corrected chi connectivity index (χ0v) is 13.8. The summed E-state index contributed by atoms with van der Waals surface area (Å²) in [4.78, 5) is 23.1. The third-order valence-electron chi connectivity index (χ3n) is 3.77. The monoisotopic (exact) mass is 345 g/mol. The molecular weight excluding hydrogens is 330 g/mol. The summed E-state index contributed by atoms with van der Waals surface area (Å²) in [6.07, 6.45) is 2.01.